The van der Waals surface area contributed by atoms with E-state index in [1.54, 1.807) is 0 Å². The average Bonchev–Trinajstić information content (AvgIpc) is 2.36. The van der Waals surface area contributed by atoms with Crippen LogP contribution in [0.15, 0.2) is 0 Å². The summed E-state index contributed by atoms with van der Waals surface area (Å²) in [5, 5.41) is 0.372. The van der Waals surface area contributed by atoms with Crippen LogP contribution in [0.4, 0.5) is 0 Å². The maximum Gasteiger partial charge on any atom is 0.307 e. The Morgan fingerprint density at radius 3 is 2.45 bits per heavy atom. The third kappa shape index (κ3) is 4.57. The number of esters is 1. The SMILES string of the molecule is CCOC(=O)CCN1CCCN([Si](C)(C)C(C)(C)C)C1. The number of rotatable bonds is 5. The van der Waals surface area contributed by atoms with E-state index in [1.165, 1.54) is 13.0 Å². The van der Waals surface area contributed by atoms with Gasteiger partial charge in [0.15, 0.2) is 0 Å². The summed E-state index contributed by atoms with van der Waals surface area (Å²) in [7, 11) is -1.44. The molecule has 0 aliphatic carbocycles. The Bertz CT molecular complexity index is 326. The molecule has 0 saturated carbocycles. The second-order valence-corrected chi connectivity index (χ2v) is 12.5. The van der Waals surface area contributed by atoms with Crippen LogP contribution >= 0.6 is 0 Å². The van der Waals surface area contributed by atoms with Gasteiger partial charge in [-0.05, 0) is 24.9 Å². The monoisotopic (exact) mass is 300 g/mol. The van der Waals surface area contributed by atoms with Gasteiger partial charge in [-0.3, -0.25) is 9.69 Å². The Kier molecular flexibility index (Phi) is 6.22. The van der Waals surface area contributed by atoms with Crippen molar-refractivity contribution in [2.45, 2.75) is 58.7 Å². The Hall–Kier alpha value is -0.393. The lowest BCUT2D eigenvalue weighted by Crippen LogP contribution is -2.61. The van der Waals surface area contributed by atoms with E-state index in [0.29, 0.717) is 18.1 Å². The van der Waals surface area contributed by atoms with Crippen molar-refractivity contribution in [3.8, 4) is 0 Å². The fourth-order valence-electron chi connectivity index (χ4n) is 2.46. The standard InChI is InChI=1S/C15H32N2O2Si/c1-7-19-14(18)9-12-16-10-8-11-17(13-16)20(5,6)15(2,3)4/h7-13H2,1-6H3. The highest BCUT2D eigenvalue weighted by Gasteiger charge is 2.42. The molecule has 1 aliphatic heterocycles. The summed E-state index contributed by atoms with van der Waals surface area (Å²) in [4.78, 5) is 13.9. The molecule has 0 unspecified atom stereocenters. The molecule has 1 rings (SSSR count). The van der Waals surface area contributed by atoms with Crippen molar-refractivity contribution in [3.05, 3.63) is 0 Å². The molecule has 0 amide bonds. The van der Waals surface area contributed by atoms with Gasteiger partial charge in [0.25, 0.3) is 0 Å². The number of carbonyl (C=O) groups is 1. The number of ether oxygens (including phenoxy) is 1. The van der Waals surface area contributed by atoms with E-state index >= 15 is 0 Å². The predicted molar refractivity (Wildman–Crippen MR) is 86.2 cm³/mol. The number of nitrogens with zero attached hydrogens (tertiary/aromatic N) is 2. The van der Waals surface area contributed by atoms with E-state index in [2.05, 4.69) is 43.3 Å². The lowest BCUT2D eigenvalue weighted by atomic mass is 10.2. The Morgan fingerprint density at radius 2 is 1.90 bits per heavy atom. The molecule has 0 aromatic rings. The quantitative estimate of drug-likeness (QED) is 0.577. The minimum absolute atomic E-state index is 0.0723. The third-order valence-corrected chi connectivity index (χ3v) is 10.5. The van der Waals surface area contributed by atoms with Gasteiger partial charge in [-0.1, -0.05) is 33.9 Å². The third-order valence-electron chi connectivity index (χ3n) is 4.84. The van der Waals surface area contributed by atoms with E-state index in [1.807, 2.05) is 6.92 Å². The predicted octanol–water partition coefficient (Wildman–Crippen LogP) is 2.91. The maximum atomic E-state index is 11.5. The van der Waals surface area contributed by atoms with Crippen molar-refractivity contribution in [2.24, 2.45) is 0 Å². The van der Waals surface area contributed by atoms with E-state index in [0.717, 1.165) is 19.8 Å². The number of hydrogen-bond acceptors (Lipinski definition) is 4. The minimum atomic E-state index is -1.44. The molecule has 0 aromatic carbocycles. The summed E-state index contributed by atoms with van der Waals surface area (Å²) in [6.07, 6.45) is 1.72. The zero-order valence-corrected chi connectivity index (χ0v) is 15.2. The van der Waals surface area contributed by atoms with Crippen LogP contribution in [0.2, 0.25) is 18.1 Å². The highest BCUT2D eigenvalue weighted by molar-refractivity contribution is 6.77. The van der Waals surface area contributed by atoms with Crippen molar-refractivity contribution in [3.63, 3.8) is 0 Å². The fraction of sp³-hybridized carbons (Fsp3) is 0.933. The first-order chi connectivity index (χ1) is 9.18. The van der Waals surface area contributed by atoms with Crippen LogP contribution in [-0.4, -0.2) is 56.6 Å². The van der Waals surface area contributed by atoms with Gasteiger partial charge in [-0.2, -0.15) is 0 Å². The first kappa shape index (κ1) is 17.7. The topological polar surface area (TPSA) is 32.8 Å². The van der Waals surface area contributed by atoms with E-state index in [4.69, 9.17) is 4.74 Å². The summed E-state index contributed by atoms with van der Waals surface area (Å²) in [6, 6.07) is 0. The Morgan fingerprint density at radius 1 is 1.25 bits per heavy atom. The van der Waals surface area contributed by atoms with Gasteiger partial charge in [0, 0.05) is 19.8 Å². The Labute approximate surface area is 125 Å². The van der Waals surface area contributed by atoms with E-state index in [9.17, 15) is 4.79 Å². The second kappa shape index (κ2) is 7.05. The largest absolute Gasteiger partial charge is 0.466 e. The zero-order chi connectivity index (χ0) is 15.4. The fourth-order valence-corrected chi connectivity index (χ4v) is 4.68. The molecule has 0 radical (unpaired) electrons. The molecule has 5 heteroatoms. The summed E-state index contributed by atoms with van der Waals surface area (Å²) in [5.41, 5.74) is 0. The molecule has 1 aliphatic rings. The van der Waals surface area contributed by atoms with Gasteiger partial charge >= 0.3 is 5.97 Å². The van der Waals surface area contributed by atoms with E-state index in [-0.39, 0.29) is 5.97 Å². The van der Waals surface area contributed by atoms with Gasteiger partial charge in [-0.15, -0.1) is 0 Å². The van der Waals surface area contributed by atoms with Crippen LogP contribution < -0.4 is 0 Å². The molecular weight excluding hydrogens is 268 g/mol. The van der Waals surface area contributed by atoms with Gasteiger partial charge < -0.3 is 9.30 Å². The number of hydrogen-bond donors (Lipinski definition) is 0. The number of carbonyl (C=O) groups excluding carboxylic acids is 1. The highest BCUT2D eigenvalue weighted by atomic mass is 28.3. The van der Waals surface area contributed by atoms with Crippen molar-refractivity contribution in [1.29, 1.82) is 0 Å². The minimum Gasteiger partial charge on any atom is -0.466 e. The van der Waals surface area contributed by atoms with Gasteiger partial charge in [-0.25, -0.2) is 0 Å². The maximum absolute atomic E-state index is 11.5. The summed E-state index contributed by atoms with van der Waals surface area (Å²) in [6.45, 7) is 18.5. The van der Waals surface area contributed by atoms with Crippen molar-refractivity contribution in [1.82, 2.24) is 9.47 Å². The van der Waals surface area contributed by atoms with Gasteiger partial charge in [0.2, 0.25) is 0 Å². The molecule has 1 saturated heterocycles. The van der Waals surface area contributed by atoms with Crippen LogP contribution in [0, 0.1) is 0 Å². The molecule has 0 N–H and O–H groups in total. The molecule has 20 heavy (non-hydrogen) atoms. The molecule has 1 fully saturated rings. The van der Waals surface area contributed by atoms with Crippen molar-refractivity contribution in [2.75, 3.05) is 32.9 Å². The lowest BCUT2D eigenvalue weighted by molar-refractivity contribution is -0.143. The summed E-state index contributed by atoms with van der Waals surface area (Å²) >= 11 is 0. The molecule has 4 nitrogen and oxygen atoms in total. The van der Waals surface area contributed by atoms with Gasteiger partial charge in [0.1, 0.15) is 8.24 Å². The van der Waals surface area contributed by atoms with Gasteiger partial charge in [0.05, 0.1) is 13.0 Å². The molecular formula is C15H32N2O2Si. The van der Waals surface area contributed by atoms with Crippen LogP contribution in [0.1, 0.15) is 40.5 Å². The summed E-state index contributed by atoms with van der Waals surface area (Å²) in [5.74, 6) is -0.0723. The lowest BCUT2D eigenvalue weighted by Gasteiger charge is -2.50. The molecule has 0 bridgehead atoms. The summed E-state index contributed by atoms with van der Waals surface area (Å²) < 4.78 is 7.69. The zero-order valence-electron chi connectivity index (χ0n) is 14.2. The average molecular weight is 301 g/mol. The highest BCUT2D eigenvalue weighted by Crippen LogP contribution is 2.38. The van der Waals surface area contributed by atoms with E-state index < -0.39 is 8.24 Å². The Balaban J connectivity index is 2.53. The molecule has 1 heterocycles. The van der Waals surface area contributed by atoms with Crippen LogP contribution in [0.25, 0.3) is 0 Å². The van der Waals surface area contributed by atoms with Crippen LogP contribution in [-0.2, 0) is 9.53 Å². The van der Waals surface area contributed by atoms with Crippen LogP contribution in [0.3, 0.4) is 0 Å². The molecule has 0 atom stereocenters. The first-order valence-corrected chi connectivity index (χ1v) is 10.8. The van der Waals surface area contributed by atoms with Crippen LogP contribution in [0.5, 0.6) is 0 Å². The molecule has 0 aromatic heterocycles. The van der Waals surface area contributed by atoms with Crippen molar-refractivity contribution < 1.29 is 9.53 Å². The first-order valence-electron chi connectivity index (χ1n) is 7.81. The normalized spacial score (nSPS) is 19.1. The molecule has 0 spiro atoms. The smallest absolute Gasteiger partial charge is 0.307 e. The van der Waals surface area contributed by atoms with Crippen molar-refractivity contribution >= 4 is 14.2 Å². The molecule has 118 valence electrons. The second-order valence-electron chi connectivity index (χ2n) is 7.24.